The molecule has 2 aliphatic heterocycles. The predicted octanol–water partition coefficient (Wildman–Crippen LogP) is 2.22. The highest BCUT2D eigenvalue weighted by molar-refractivity contribution is 5.75. The summed E-state index contributed by atoms with van der Waals surface area (Å²) in [6.07, 6.45) is 9.09. The van der Waals surface area contributed by atoms with E-state index in [2.05, 4.69) is 0 Å². The van der Waals surface area contributed by atoms with Gasteiger partial charge in [-0.3, -0.25) is 0 Å². The van der Waals surface area contributed by atoms with Crippen LogP contribution in [0.25, 0.3) is 0 Å². The molecule has 0 spiro atoms. The zero-order valence-electron chi connectivity index (χ0n) is 11.3. The molecule has 0 aromatic heterocycles. The van der Waals surface area contributed by atoms with Gasteiger partial charge in [-0.05, 0) is 25.7 Å². The zero-order valence-corrected chi connectivity index (χ0v) is 11.3. The lowest BCUT2D eigenvalue weighted by molar-refractivity contribution is 0.107. The van der Waals surface area contributed by atoms with Crippen molar-refractivity contribution in [1.29, 1.82) is 0 Å². The zero-order chi connectivity index (χ0) is 12.8. The van der Waals surface area contributed by atoms with Gasteiger partial charge in [0.2, 0.25) is 0 Å². The number of nitrogens with zero attached hydrogens (tertiary/aromatic N) is 2. The first-order valence-corrected chi connectivity index (χ1v) is 7.49. The van der Waals surface area contributed by atoms with Crippen LogP contribution in [-0.4, -0.2) is 53.2 Å². The van der Waals surface area contributed by atoms with Gasteiger partial charge in [-0.15, -0.1) is 0 Å². The van der Waals surface area contributed by atoms with Crippen LogP contribution in [-0.2, 0) is 0 Å². The lowest BCUT2D eigenvalue weighted by Gasteiger charge is -2.34. The van der Waals surface area contributed by atoms with Gasteiger partial charge in [0.25, 0.3) is 0 Å². The van der Waals surface area contributed by atoms with Crippen molar-refractivity contribution in [3.05, 3.63) is 0 Å². The molecule has 2 rings (SSSR count). The molecule has 1 N–H and O–H groups in total. The van der Waals surface area contributed by atoms with E-state index in [4.69, 9.17) is 0 Å². The third kappa shape index (κ3) is 3.37. The maximum absolute atomic E-state index is 12.6. The molecule has 0 aromatic rings. The van der Waals surface area contributed by atoms with Gasteiger partial charge in [-0.25, -0.2) is 4.79 Å². The van der Waals surface area contributed by atoms with E-state index >= 15 is 0 Å². The van der Waals surface area contributed by atoms with Crippen molar-refractivity contribution in [3.8, 4) is 0 Å². The van der Waals surface area contributed by atoms with E-state index in [0.717, 1.165) is 51.7 Å². The molecule has 0 bridgehead atoms. The Morgan fingerprint density at radius 1 is 0.944 bits per heavy atom. The van der Waals surface area contributed by atoms with Crippen molar-refractivity contribution in [2.45, 2.75) is 57.4 Å². The average Bonchev–Trinajstić information content (AvgIpc) is 2.80. The van der Waals surface area contributed by atoms with Crippen LogP contribution in [0.1, 0.15) is 51.4 Å². The molecule has 2 aliphatic rings. The summed E-state index contributed by atoms with van der Waals surface area (Å²) in [6, 6.07) is 0.209. The Kier molecular flexibility index (Phi) is 5.29. The molecule has 1 atom stereocenters. The van der Waals surface area contributed by atoms with E-state index in [0.29, 0.717) is 0 Å². The van der Waals surface area contributed by atoms with Crippen LogP contribution in [0, 0.1) is 0 Å². The van der Waals surface area contributed by atoms with Crippen LogP contribution < -0.4 is 0 Å². The van der Waals surface area contributed by atoms with Gasteiger partial charge in [-0.2, -0.15) is 0 Å². The molecule has 4 heteroatoms. The molecule has 0 aromatic carbocycles. The van der Waals surface area contributed by atoms with E-state index in [1.807, 2.05) is 9.80 Å². The number of aliphatic hydroxyl groups is 1. The van der Waals surface area contributed by atoms with E-state index in [9.17, 15) is 9.90 Å². The number of amides is 2. The minimum absolute atomic E-state index is 0.0447. The van der Waals surface area contributed by atoms with Crippen molar-refractivity contribution < 1.29 is 9.90 Å². The van der Waals surface area contributed by atoms with E-state index in [1.165, 1.54) is 19.3 Å². The molecule has 0 aliphatic carbocycles. The van der Waals surface area contributed by atoms with Crippen molar-refractivity contribution >= 4 is 6.03 Å². The Hall–Kier alpha value is -0.770. The number of likely N-dealkylation sites (tertiary alicyclic amines) is 2. The monoisotopic (exact) mass is 254 g/mol. The Morgan fingerprint density at radius 2 is 1.56 bits per heavy atom. The maximum atomic E-state index is 12.6. The number of hydrogen-bond acceptors (Lipinski definition) is 2. The van der Waals surface area contributed by atoms with Crippen LogP contribution in [0.5, 0.6) is 0 Å². The van der Waals surface area contributed by atoms with Gasteiger partial charge in [0.1, 0.15) is 0 Å². The standard InChI is InChI=1S/C14H26N2O2/c17-12-13-8-4-3-7-11-16(13)14(18)15-9-5-1-2-6-10-15/h13,17H,1-12H2. The van der Waals surface area contributed by atoms with Crippen LogP contribution in [0.15, 0.2) is 0 Å². The minimum atomic E-state index is 0.0447. The minimum Gasteiger partial charge on any atom is -0.394 e. The molecular formula is C14H26N2O2. The fourth-order valence-electron chi connectivity index (χ4n) is 3.06. The van der Waals surface area contributed by atoms with Crippen LogP contribution >= 0.6 is 0 Å². The summed E-state index contributed by atoms with van der Waals surface area (Å²) in [7, 11) is 0. The smallest absolute Gasteiger partial charge is 0.320 e. The third-order valence-corrected chi connectivity index (χ3v) is 4.21. The summed E-state index contributed by atoms with van der Waals surface area (Å²) in [5.74, 6) is 0. The molecule has 18 heavy (non-hydrogen) atoms. The normalized spacial score (nSPS) is 26.6. The highest BCUT2D eigenvalue weighted by Crippen LogP contribution is 2.20. The van der Waals surface area contributed by atoms with Gasteiger partial charge in [0.05, 0.1) is 12.6 Å². The van der Waals surface area contributed by atoms with Gasteiger partial charge in [0, 0.05) is 19.6 Å². The Labute approximate surface area is 110 Å². The molecular weight excluding hydrogens is 228 g/mol. The third-order valence-electron chi connectivity index (χ3n) is 4.21. The first-order valence-electron chi connectivity index (χ1n) is 7.49. The molecule has 2 heterocycles. The van der Waals surface area contributed by atoms with E-state index in [-0.39, 0.29) is 18.7 Å². The van der Waals surface area contributed by atoms with Crippen LogP contribution in [0.2, 0.25) is 0 Å². The van der Waals surface area contributed by atoms with Crippen molar-refractivity contribution in [3.63, 3.8) is 0 Å². The molecule has 1 unspecified atom stereocenters. The number of hydrogen-bond donors (Lipinski definition) is 1. The molecule has 2 saturated heterocycles. The Bertz CT molecular complexity index is 263. The molecule has 4 nitrogen and oxygen atoms in total. The molecule has 0 saturated carbocycles. The van der Waals surface area contributed by atoms with E-state index < -0.39 is 0 Å². The summed E-state index contributed by atoms with van der Waals surface area (Å²) in [5, 5.41) is 9.48. The lowest BCUT2D eigenvalue weighted by atomic mass is 10.1. The average molecular weight is 254 g/mol. The summed E-state index contributed by atoms with van der Waals surface area (Å²) in [5.41, 5.74) is 0. The van der Waals surface area contributed by atoms with E-state index in [1.54, 1.807) is 0 Å². The summed E-state index contributed by atoms with van der Waals surface area (Å²) in [6.45, 7) is 2.72. The summed E-state index contributed by atoms with van der Waals surface area (Å²) >= 11 is 0. The second kappa shape index (κ2) is 6.98. The number of rotatable bonds is 1. The first-order chi connectivity index (χ1) is 8.83. The molecule has 2 amide bonds. The SMILES string of the molecule is O=C(N1CCCCCC1)N1CCCCCC1CO. The fraction of sp³-hybridized carbons (Fsp3) is 0.929. The quantitative estimate of drug-likeness (QED) is 0.779. The second-order valence-corrected chi connectivity index (χ2v) is 5.56. The highest BCUT2D eigenvalue weighted by Gasteiger charge is 2.28. The predicted molar refractivity (Wildman–Crippen MR) is 71.5 cm³/mol. The number of aliphatic hydroxyl groups excluding tert-OH is 1. The largest absolute Gasteiger partial charge is 0.394 e. The topological polar surface area (TPSA) is 43.8 Å². The molecule has 0 radical (unpaired) electrons. The lowest BCUT2D eigenvalue weighted by Crippen LogP contribution is -2.49. The Morgan fingerprint density at radius 3 is 2.22 bits per heavy atom. The van der Waals surface area contributed by atoms with Crippen molar-refractivity contribution in [2.75, 3.05) is 26.2 Å². The molecule has 104 valence electrons. The van der Waals surface area contributed by atoms with Gasteiger partial charge in [0.15, 0.2) is 0 Å². The highest BCUT2D eigenvalue weighted by atomic mass is 16.3. The van der Waals surface area contributed by atoms with Crippen molar-refractivity contribution in [1.82, 2.24) is 9.80 Å². The fourth-order valence-corrected chi connectivity index (χ4v) is 3.06. The Balaban J connectivity index is 1.99. The van der Waals surface area contributed by atoms with Crippen molar-refractivity contribution in [2.24, 2.45) is 0 Å². The number of urea groups is 1. The number of carbonyl (C=O) groups excluding carboxylic acids is 1. The first kappa shape index (κ1) is 13.7. The van der Waals surface area contributed by atoms with Crippen LogP contribution in [0.3, 0.4) is 0 Å². The molecule has 2 fully saturated rings. The van der Waals surface area contributed by atoms with Crippen LogP contribution in [0.4, 0.5) is 4.79 Å². The second-order valence-electron chi connectivity index (χ2n) is 5.56. The summed E-state index contributed by atoms with van der Waals surface area (Å²) in [4.78, 5) is 16.5. The van der Waals surface area contributed by atoms with Gasteiger partial charge >= 0.3 is 6.03 Å². The summed E-state index contributed by atoms with van der Waals surface area (Å²) < 4.78 is 0. The number of carbonyl (C=O) groups is 1. The van der Waals surface area contributed by atoms with Gasteiger partial charge in [-0.1, -0.05) is 25.7 Å². The maximum Gasteiger partial charge on any atom is 0.320 e. The van der Waals surface area contributed by atoms with Gasteiger partial charge < -0.3 is 14.9 Å².